The molecule has 0 bridgehead atoms. The van der Waals surface area contributed by atoms with Gasteiger partial charge in [0, 0.05) is 19.2 Å². The van der Waals surface area contributed by atoms with E-state index in [1.54, 1.807) is 6.07 Å². The van der Waals surface area contributed by atoms with E-state index >= 15 is 0 Å². The van der Waals surface area contributed by atoms with Crippen molar-refractivity contribution in [3.63, 3.8) is 0 Å². The highest BCUT2D eigenvalue weighted by Gasteiger charge is 2.30. The molecular weight excluding hydrogens is 487 g/mol. The molecule has 4 heterocycles. The zero-order chi connectivity index (χ0) is 25.7. The molecule has 14 nitrogen and oxygen atoms in total. The molecule has 188 valence electrons. The summed E-state index contributed by atoms with van der Waals surface area (Å²) in [7, 11) is 2.78. The predicted molar refractivity (Wildman–Crippen MR) is 125 cm³/mol. The number of H-pyrrole nitrogens is 1. The van der Waals surface area contributed by atoms with E-state index in [2.05, 4.69) is 41.1 Å². The van der Waals surface area contributed by atoms with Crippen LogP contribution in [0.4, 0.5) is 10.1 Å². The molecule has 15 heteroatoms. The number of methoxy groups -OCH3 is 1. The van der Waals surface area contributed by atoms with Gasteiger partial charge in [-0.05, 0) is 30.5 Å². The first-order valence-electron chi connectivity index (χ1n) is 11.3. The highest BCUT2D eigenvalue weighted by molar-refractivity contribution is 6.04. The van der Waals surface area contributed by atoms with Crippen molar-refractivity contribution in [3.05, 3.63) is 46.5 Å². The molecule has 0 radical (unpaired) electrons. The Labute approximate surface area is 206 Å². The third kappa shape index (κ3) is 3.62. The fraction of sp³-hybridized carbons (Fsp3) is 0.273. The van der Waals surface area contributed by atoms with Gasteiger partial charge in [-0.3, -0.25) is 14.2 Å². The van der Waals surface area contributed by atoms with Crippen molar-refractivity contribution in [2.45, 2.75) is 25.3 Å². The second-order valence-electron chi connectivity index (χ2n) is 8.49. The summed E-state index contributed by atoms with van der Waals surface area (Å²) in [5.74, 6) is -0.988. The van der Waals surface area contributed by atoms with E-state index in [-0.39, 0.29) is 40.4 Å². The van der Waals surface area contributed by atoms with Crippen molar-refractivity contribution in [1.29, 1.82) is 0 Å². The minimum absolute atomic E-state index is 0.0388. The molecule has 0 spiro atoms. The van der Waals surface area contributed by atoms with Crippen LogP contribution in [0.25, 0.3) is 34.1 Å². The largest absolute Gasteiger partial charge is 0.489 e. The number of aromatic nitrogens is 9. The second-order valence-corrected chi connectivity index (χ2v) is 8.49. The van der Waals surface area contributed by atoms with Crippen LogP contribution in [0.5, 0.6) is 5.75 Å². The predicted octanol–water partition coefficient (Wildman–Crippen LogP) is 2.09. The van der Waals surface area contributed by atoms with Crippen LogP contribution in [-0.4, -0.2) is 57.9 Å². The number of imidazole rings is 1. The summed E-state index contributed by atoms with van der Waals surface area (Å²) in [6.45, 7) is 0. The van der Waals surface area contributed by atoms with Gasteiger partial charge in [0.2, 0.25) is 11.6 Å². The fourth-order valence-electron chi connectivity index (χ4n) is 4.31. The number of nitrogens with one attached hydrogen (secondary N) is 2. The average Bonchev–Trinajstić information content (AvgIpc) is 3.61. The van der Waals surface area contributed by atoms with Gasteiger partial charge in [-0.1, -0.05) is 5.16 Å². The molecule has 37 heavy (non-hydrogen) atoms. The zero-order valence-corrected chi connectivity index (χ0v) is 19.6. The summed E-state index contributed by atoms with van der Waals surface area (Å²) in [4.78, 5) is 35.4. The Morgan fingerprint density at radius 1 is 1.27 bits per heavy atom. The number of aromatic amines is 1. The smallest absolute Gasteiger partial charge is 0.296 e. The summed E-state index contributed by atoms with van der Waals surface area (Å²) in [6.07, 6.45) is 5.26. The molecule has 0 aliphatic heterocycles. The number of rotatable bonds is 6. The molecule has 0 atom stereocenters. The van der Waals surface area contributed by atoms with Crippen LogP contribution in [0.1, 0.15) is 35.8 Å². The van der Waals surface area contributed by atoms with E-state index in [4.69, 9.17) is 9.26 Å². The van der Waals surface area contributed by atoms with Crippen molar-refractivity contribution in [3.8, 4) is 28.8 Å². The molecule has 6 rings (SSSR count). The summed E-state index contributed by atoms with van der Waals surface area (Å²) in [6, 6.07) is 2.92. The molecule has 1 aromatic carbocycles. The number of hydrogen-bond donors (Lipinski definition) is 2. The molecule has 4 aromatic heterocycles. The monoisotopic (exact) mass is 506 g/mol. The Bertz CT molecular complexity index is 1690. The number of halogens is 1. The lowest BCUT2D eigenvalue weighted by Gasteiger charge is -2.29. The van der Waals surface area contributed by atoms with Gasteiger partial charge in [0.1, 0.15) is 17.8 Å². The van der Waals surface area contributed by atoms with Gasteiger partial charge >= 0.3 is 0 Å². The molecule has 0 saturated heterocycles. The van der Waals surface area contributed by atoms with Crippen LogP contribution in [-0.2, 0) is 7.05 Å². The first kappa shape index (κ1) is 22.5. The lowest BCUT2D eigenvalue weighted by Crippen LogP contribution is -2.28. The summed E-state index contributed by atoms with van der Waals surface area (Å²) in [5.41, 5.74) is 0.566. The number of anilines is 1. The van der Waals surface area contributed by atoms with Crippen molar-refractivity contribution in [2.24, 2.45) is 7.05 Å². The maximum atomic E-state index is 15.0. The highest BCUT2D eigenvalue weighted by Crippen LogP contribution is 2.39. The maximum Gasteiger partial charge on any atom is 0.296 e. The quantitative estimate of drug-likeness (QED) is 0.347. The summed E-state index contributed by atoms with van der Waals surface area (Å²) < 4.78 is 28.1. The lowest BCUT2D eigenvalue weighted by atomic mass is 9.92. The Morgan fingerprint density at radius 3 is 2.76 bits per heavy atom. The molecule has 1 aliphatic carbocycles. The molecule has 5 aromatic rings. The molecule has 0 unspecified atom stereocenters. The van der Waals surface area contributed by atoms with Crippen LogP contribution < -0.4 is 15.6 Å². The number of tetrazole rings is 1. The number of carbonyl (C=O) groups excluding carboxylic acids is 1. The number of carbonyl (C=O) groups is 1. The van der Waals surface area contributed by atoms with E-state index < -0.39 is 17.3 Å². The van der Waals surface area contributed by atoms with Gasteiger partial charge in [-0.15, -0.1) is 10.2 Å². The van der Waals surface area contributed by atoms with Gasteiger partial charge < -0.3 is 19.1 Å². The number of hydrogen-bond acceptors (Lipinski definition) is 10. The van der Waals surface area contributed by atoms with Crippen molar-refractivity contribution in [1.82, 2.24) is 44.9 Å². The summed E-state index contributed by atoms with van der Waals surface area (Å²) >= 11 is 0. The number of fused-ring (bicyclic) bond motifs is 1. The number of ether oxygens (including phenoxy) is 1. The van der Waals surface area contributed by atoms with Crippen LogP contribution >= 0.6 is 0 Å². The SMILES string of the molecule is COc1c(C(=O)Nc2cnoc2)nc(-c2nc3cc(F)c(-c4nn[nH]n4)cc3n2C2CCC2)n(C)c1=O. The molecule has 1 saturated carbocycles. The minimum Gasteiger partial charge on any atom is -0.489 e. The van der Waals surface area contributed by atoms with Gasteiger partial charge in [0.15, 0.2) is 17.3 Å². The van der Waals surface area contributed by atoms with Gasteiger partial charge in [0.05, 0.1) is 29.9 Å². The number of amides is 1. The summed E-state index contributed by atoms with van der Waals surface area (Å²) in [5, 5.41) is 19.7. The first-order valence-corrected chi connectivity index (χ1v) is 11.3. The number of benzene rings is 1. The Balaban J connectivity index is 1.57. The van der Waals surface area contributed by atoms with Crippen molar-refractivity contribution >= 4 is 22.6 Å². The zero-order valence-electron chi connectivity index (χ0n) is 19.6. The third-order valence-electron chi connectivity index (χ3n) is 6.36. The standard InChI is InChI=1S/C22H19FN10O4/c1-32-19(27-16(17(36-2)22(32)35)21(34)25-10-8-24-37-9-10)20-26-14-7-13(23)12(18-28-30-31-29-18)6-15(14)33(20)11-4-3-5-11/h6-9,11H,3-5H2,1-2H3,(H,25,34)(H,28,29,30,31). The van der Waals surface area contributed by atoms with E-state index in [0.29, 0.717) is 16.9 Å². The molecular formula is C22H19FN10O4. The normalized spacial score (nSPS) is 13.6. The second kappa shape index (κ2) is 8.61. The molecule has 1 amide bonds. The first-order chi connectivity index (χ1) is 18.0. The van der Waals surface area contributed by atoms with Crippen LogP contribution in [0.3, 0.4) is 0 Å². The van der Waals surface area contributed by atoms with Crippen LogP contribution in [0, 0.1) is 5.82 Å². The Hall–Kier alpha value is -4.95. The van der Waals surface area contributed by atoms with E-state index in [1.807, 2.05) is 4.57 Å². The average molecular weight is 506 g/mol. The van der Waals surface area contributed by atoms with Crippen LogP contribution in [0.2, 0.25) is 0 Å². The van der Waals surface area contributed by atoms with Crippen molar-refractivity contribution in [2.75, 3.05) is 12.4 Å². The van der Waals surface area contributed by atoms with E-state index in [9.17, 15) is 14.0 Å². The molecule has 2 N–H and O–H groups in total. The topological polar surface area (TPSA) is 172 Å². The molecule has 1 fully saturated rings. The van der Waals surface area contributed by atoms with E-state index in [0.717, 1.165) is 19.3 Å². The Morgan fingerprint density at radius 2 is 2.11 bits per heavy atom. The highest BCUT2D eigenvalue weighted by atomic mass is 19.1. The minimum atomic E-state index is -0.698. The van der Waals surface area contributed by atoms with Crippen LogP contribution in [0.15, 0.2) is 33.9 Å². The van der Waals surface area contributed by atoms with E-state index in [1.165, 1.54) is 37.3 Å². The van der Waals surface area contributed by atoms with Gasteiger partial charge in [-0.2, -0.15) is 5.21 Å². The lowest BCUT2D eigenvalue weighted by molar-refractivity contribution is 0.101. The third-order valence-corrected chi connectivity index (χ3v) is 6.36. The maximum absolute atomic E-state index is 15.0. The van der Waals surface area contributed by atoms with Crippen molar-refractivity contribution < 1.29 is 18.4 Å². The molecule has 1 aliphatic rings. The van der Waals surface area contributed by atoms with Gasteiger partial charge in [0.25, 0.3) is 11.5 Å². The van der Waals surface area contributed by atoms with Gasteiger partial charge in [-0.25, -0.2) is 14.4 Å². The number of nitrogens with zero attached hydrogens (tertiary/aromatic N) is 8. The Kier molecular flexibility index (Phi) is 5.24. The fourth-order valence-corrected chi connectivity index (χ4v) is 4.31.